The Hall–Kier alpha value is -0.200. The zero-order valence-corrected chi connectivity index (χ0v) is 9.35. The summed E-state index contributed by atoms with van der Waals surface area (Å²) in [5, 5.41) is 8.43. The molecule has 15 heavy (non-hydrogen) atoms. The van der Waals surface area contributed by atoms with Crippen LogP contribution in [0.25, 0.3) is 0 Å². The van der Waals surface area contributed by atoms with E-state index in [9.17, 15) is 0 Å². The molecule has 2 aliphatic heterocycles. The monoisotopic (exact) mass is 220 g/mol. The highest BCUT2D eigenvalue weighted by atomic mass is 16.6. The van der Waals surface area contributed by atoms with Gasteiger partial charge in [0, 0.05) is 7.11 Å². The van der Waals surface area contributed by atoms with Crippen molar-refractivity contribution < 1.29 is 24.1 Å². The van der Waals surface area contributed by atoms with E-state index in [1.807, 2.05) is 0 Å². The largest absolute Gasteiger partial charge is 0.391 e. The van der Waals surface area contributed by atoms with Crippen LogP contribution in [0.2, 0.25) is 0 Å². The first-order chi connectivity index (χ1) is 7.22. The van der Waals surface area contributed by atoms with Crippen molar-refractivity contribution in [3.8, 4) is 0 Å². The van der Waals surface area contributed by atoms with Gasteiger partial charge in [0.1, 0.15) is 12.2 Å². The molecule has 3 unspecified atom stereocenters. The third kappa shape index (κ3) is 8.77. The summed E-state index contributed by atoms with van der Waals surface area (Å²) in [6.45, 7) is 5.38. The third-order valence-corrected chi connectivity index (χ3v) is 1.82. The van der Waals surface area contributed by atoms with Crippen molar-refractivity contribution in [1.29, 1.82) is 0 Å². The SMILES string of the molecule is C(OCC1CO1)C1CO1.COCC(C)O. The molecular weight excluding hydrogens is 200 g/mol. The van der Waals surface area contributed by atoms with E-state index < -0.39 is 0 Å². The predicted molar refractivity (Wildman–Crippen MR) is 53.9 cm³/mol. The minimum absolute atomic E-state index is 0.324. The van der Waals surface area contributed by atoms with Crippen molar-refractivity contribution in [3.63, 3.8) is 0 Å². The van der Waals surface area contributed by atoms with Gasteiger partial charge < -0.3 is 24.1 Å². The molecule has 1 N–H and O–H groups in total. The van der Waals surface area contributed by atoms with E-state index in [2.05, 4.69) is 4.74 Å². The summed E-state index contributed by atoms with van der Waals surface area (Å²) in [5.74, 6) is 0. The molecule has 2 heterocycles. The minimum Gasteiger partial charge on any atom is -0.391 e. The smallest absolute Gasteiger partial charge is 0.104 e. The fourth-order valence-corrected chi connectivity index (χ4v) is 0.901. The van der Waals surface area contributed by atoms with Crippen LogP contribution in [-0.4, -0.2) is 63.6 Å². The first kappa shape index (κ1) is 12.9. The molecule has 90 valence electrons. The zero-order chi connectivity index (χ0) is 11.1. The van der Waals surface area contributed by atoms with Crippen LogP contribution in [0.3, 0.4) is 0 Å². The molecule has 2 aliphatic rings. The molecule has 5 nitrogen and oxygen atoms in total. The fraction of sp³-hybridized carbons (Fsp3) is 1.00. The first-order valence-corrected chi connectivity index (χ1v) is 5.20. The van der Waals surface area contributed by atoms with Crippen molar-refractivity contribution in [2.75, 3.05) is 40.1 Å². The molecule has 2 rings (SSSR count). The fourth-order valence-electron chi connectivity index (χ4n) is 0.901. The van der Waals surface area contributed by atoms with Gasteiger partial charge in [-0.05, 0) is 6.92 Å². The molecule has 0 aliphatic carbocycles. The molecule has 0 amide bonds. The van der Waals surface area contributed by atoms with Gasteiger partial charge in [0.15, 0.2) is 0 Å². The van der Waals surface area contributed by atoms with Crippen LogP contribution < -0.4 is 0 Å². The van der Waals surface area contributed by atoms with Crippen LogP contribution >= 0.6 is 0 Å². The van der Waals surface area contributed by atoms with Crippen LogP contribution in [0.4, 0.5) is 0 Å². The Morgan fingerprint density at radius 2 is 1.73 bits per heavy atom. The second-order valence-electron chi connectivity index (χ2n) is 3.75. The average Bonchev–Trinajstić information content (AvgIpc) is 2.99. The van der Waals surface area contributed by atoms with Gasteiger partial charge in [0.05, 0.1) is 39.1 Å². The lowest BCUT2D eigenvalue weighted by Gasteiger charge is -1.97. The van der Waals surface area contributed by atoms with Crippen LogP contribution in [0.15, 0.2) is 0 Å². The number of epoxide rings is 2. The van der Waals surface area contributed by atoms with Crippen molar-refractivity contribution in [3.05, 3.63) is 0 Å². The molecule has 5 heteroatoms. The highest BCUT2D eigenvalue weighted by Crippen LogP contribution is 2.12. The van der Waals surface area contributed by atoms with E-state index in [4.69, 9.17) is 19.3 Å². The van der Waals surface area contributed by atoms with E-state index in [0.29, 0.717) is 18.8 Å². The summed E-state index contributed by atoms with van der Waals surface area (Å²) >= 11 is 0. The van der Waals surface area contributed by atoms with E-state index in [1.54, 1.807) is 14.0 Å². The Morgan fingerprint density at radius 3 is 1.93 bits per heavy atom. The van der Waals surface area contributed by atoms with Crippen LogP contribution in [0.1, 0.15) is 6.92 Å². The summed E-state index contributed by atoms with van der Waals surface area (Å²) in [7, 11) is 1.56. The van der Waals surface area contributed by atoms with Gasteiger partial charge in [0.25, 0.3) is 0 Å². The quantitative estimate of drug-likeness (QED) is 0.629. The van der Waals surface area contributed by atoms with Crippen LogP contribution in [0, 0.1) is 0 Å². The Bertz CT molecular complexity index is 142. The van der Waals surface area contributed by atoms with E-state index >= 15 is 0 Å². The number of methoxy groups -OCH3 is 1. The summed E-state index contributed by atoms with van der Waals surface area (Å²) < 4.78 is 19.7. The van der Waals surface area contributed by atoms with E-state index in [-0.39, 0.29) is 6.10 Å². The Kier molecular flexibility index (Phi) is 6.12. The van der Waals surface area contributed by atoms with Gasteiger partial charge in [-0.15, -0.1) is 0 Å². The Labute approximate surface area is 90.3 Å². The Morgan fingerprint density at radius 1 is 1.27 bits per heavy atom. The molecule has 0 aromatic heterocycles. The molecule has 2 fully saturated rings. The van der Waals surface area contributed by atoms with Crippen molar-refractivity contribution in [2.45, 2.75) is 25.2 Å². The number of aliphatic hydroxyl groups is 1. The number of aliphatic hydroxyl groups excluding tert-OH is 1. The molecule has 0 bridgehead atoms. The first-order valence-electron chi connectivity index (χ1n) is 5.20. The lowest BCUT2D eigenvalue weighted by atomic mass is 10.5. The van der Waals surface area contributed by atoms with Crippen LogP contribution in [-0.2, 0) is 18.9 Å². The molecule has 2 saturated heterocycles. The normalized spacial score (nSPS) is 29.0. The Balaban J connectivity index is 0.000000167. The second kappa shape index (κ2) is 7.14. The van der Waals surface area contributed by atoms with Gasteiger partial charge in [-0.3, -0.25) is 0 Å². The zero-order valence-electron chi connectivity index (χ0n) is 9.35. The lowest BCUT2D eigenvalue weighted by molar-refractivity contribution is 0.0765. The second-order valence-corrected chi connectivity index (χ2v) is 3.75. The van der Waals surface area contributed by atoms with Gasteiger partial charge in [0.2, 0.25) is 0 Å². The third-order valence-electron chi connectivity index (χ3n) is 1.82. The van der Waals surface area contributed by atoms with Gasteiger partial charge in [-0.1, -0.05) is 0 Å². The lowest BCUT2D eigenvalue weighted by Crippen LogP contribution is -2.07. The van der Waals surface area contributed by atoms with Gasteiger partial charge in [-0.25, -0.2) is 0 Å². The number of hydrogen-bond donors (Lipinski definition) is 1. The molecule has 0 aromatic carbocycles. The van der Waals surface area contributed by atoms with Crippen molar-refractivity contribution >= 4 is 0 Å². The standard InChI is InChI=1S/C6H10O3.C4H10O2/c1(5-3-8-5)7-2-6-4-9-6;1-4(5)3-6-2/h5-6H,1-4H2;4-5H,3H2,1-2H3. The molecule has 0 aromatic rings. The average molecular weight is 220 g/mol. The van der Waals surface area contributed by atoms with Crippen molar-refractivity contribution in [2.24, 2.45) is 0 Å². The molecule has 0 radical (unpaired) electrons. The number of hydrogen-bond acceptors (Lipinski definition) is 5. The molecule has 0 saturated carbocycles. The number of rotatable bonds is 6. The molecule has 3 atom stereocenters. The van der Waals surface area contributed by atoms with Gasteiger partial charge >= 0.3 is 0 Å². The minimum atomic E-state index is -0.324. The number of ether oxygens (including phenoxy) is 4. The molecule has 0 spiro atoms. The molecular formula is C10H20O5. The van der Waals surface area contributed by atoms with Crippen molar-refractivity contribution in [1.82, 2.24) is 0 Å². The highest BCUT2D eigenvalue weighted by Gasteiger charge is 2.26. The van der Waals surface area contributed by atoms with E-state index in [1.165, 1.54) is 0 Å². The maximum absolute atomic E-state index is 8.43. The predicted octanol–water partition coefficient (Wildman–Crippen LogP) is -0.186. The van der Waals surface area contributed by atoms with Crippen LogP contribution in [0.5, 0.6) is 0 Å². The summed E-state index contributed by atoms with van der Waals surface area (Å²) in [5.41, 5.74) is 0. The maximum Gasteiger partial charge on any atom is 0.104 e. The summed E-state index contributed by atoms with van der Waals surface area (Å²) in [6.07, 6.45) is 0.461. The highest BCUT2D eigenvalue weighted by molar-refractivity contribution is 4.71. The topological polar surface area (TPSA) is 63.8 Å². The summed E-state index contributed by atoms with van der Waals surface area (Å²) in [4.78, 5) is 0. The maximum atomic E-state index is 8.43. The van der Waals surface area contributed by atoms with Gasteiger partial charge in [-0.2, -0.15) is 0 Å². The summed E-state index contributed by atoms with van der Waals surface area (Å²) in [6, 6.07) is 0. The van der Waals surface area contributed by atoms with E-state index in [0.717, 1.165) is 26.4 Å².